The summed E-state index contributed by atoms with van der Waals surface area (Å²) < 4.78 is 2.90. The van der Waals surface area contributed by atoms with Gasteiger partial charge in [-0.15, -0.1) is 0 Å². The first-order chi connectivity index (χ1) is 9.42. The highest BCUT2D eigenvalue weighted by molar-refractivity contribution is 14.1. The van der Waals surface area contributed by atoms with E-state index in [1.807, 2.05) is 27.2 Å². The van der Waals surface area contributed by atoms with Gasteiger partial charge in [0.25, 0.3) is 0 Å². The fourth-order valence-corrected chi connectivity index (χ4v) is 2.85. The third kappa shape index (κ3) is 3.11. The summed E-state index contributed by atoms with van der Waals surface area (Å²) in [7, 11) is 3.81. The lowest BCUT2D eigenvalue weighted by Gasteiger charge is -2.12. The molecule has 2 heterocycles. The average Bonchev–Trinajstić information content (AvgIpc) is 2.70. The highest BCUT2D eigenvalue weighted by Gasteiger charge is 2.16. The molecule has 0 radical (unpaired) electrons. The monoisotopic (exact) mass is 385 g/mol. The Bertz CT molecular complexity index is 618. The zero-order valence-electron chi connectivity index (χ0n) is 12.5. The number of halogens is 1. The van der Waals surface area contributed by atoms with E-state index >= 15 is 0 Å². The molecule has 108 valence electrons. The van der Waals surface area contributed by atoms with Crippen LogP contribution in [0.2, 0.25) is 0 Å². The van der Waals surface area contributed by atoms with Crippen LogP contribution in [0.15, 0.2) is 6.20 Å². The molecule has 2 rings (SSSR count). The fraction of sp³-hybridized carbons (Fsp3) is 0.500. The number of hydrogen-bond donors (Lipinski definition) is 1. The molecule has 0 aliphatic rings. The third-order valence-corrected chi connectivity index (χ3v) is 4.15. The van der Waals surface area contributed by atoms with Crippen LogP contribution in [0.25, 0.3) is 11.4 Å². The number of nitrogens with one attached hydrogen (secondary N) is 1. The van der Waals surface area contributed by atoms with Crippen LogP contribution >= 0.6 is 22.6 Å². The second kappa shape index (κ2) is 6.07. The van der Waals surface area contributed by atoms with Gasteiger partial charge in [-0.25, -0.2) is 9.97 Å². The van der Waals surface area contributed by atoms with Crippen LogP contribution in [0.1, 0.15) is 25.2 Å². The van der Waals surface area contributed by atoms with E-state index in [9.17, 15) is 0 Å². The molecule has 0 aliphatic heterocycles. The van der Waals surface area contributed by atoms with E-state index in [2.05, 4.69) is 51.8 Å². The molecular weight excluding hydrogens is 365 g/mol. The Hall–Kier alpha value is -1.18. The van der Waals surface area contributed by atoms with Crippen LogP contribution in [0.4, 0.5) is 5.82 Å². The first-order valence-electron chi connectivity index (χ1n) is 6.67. The first-order valence-corrected chi connectivity index (χ1v) is 7.75. The van der Waals surface area contributed by atoms with E-state index in [1.165, 1.54) is 0 Å². The molecule has 0 amide bonds. The quantitative estimate of drug-likeness (QED) is 0.823. The van der Waals surface area contributed by atoms with E-state index in [1.54, 1.807) is 4.68 Å². The van der Waals surface area contributed by atoms with Gasteiger partial charge in [-0.3, -0.25) is 4.68 Å². The molecule has 0 aromatic carbocycles. The van der Waals surface area contributed by atoms with Gasteiger partial charge in [0.05, 0.1) is 20.5 Å². The number of nitrogens with zero attached hydrogens (tertiary/aromatic N) is 4. The Kier molecular flexibility index (Phi) is 4.62. The SMILES string of the molecule is CNc1nc(-c2cn(C)nc2C)nc(CC(C)C)c1I. The normalized spacial score (nSPS) is 11.2. The Labute approximate surface area is 133 Å². The smallest absolute Gasteiger partial charge is 0.165 e. The Balaban J connectivity index is 2.56. The fourth-order valence-electron chi connectivity index (χ4n) is 2.12. The average molecular weight is 385 g/mol. The van der Waals surface area contributed by atoms with Gasteiger partial charge in [0.1, 0.15) is 5.82 Å². The maximum atomic E-state index is 4.75. The van der Waals surface area contributed by atoms with Crippen molar-refractivity contribution in [3.8, 4) is 11.4 Å². The molecule has 0 saturated carbocycles. The lowest BCUT2D eigenvalue weighted by molar-refractivity contribution is 0.632. The van der Waals surface area contributed by atoms with Crippen LogP contribution in [-0.4, -0.2) is 26.8 Å². The highest BCUT2D eigenvalue weighted by Crippen LogP contribution is 2.26. The number of aromatic nitrogens is 4. The van der Waals surface area contributed by atoms with Crippen LogP contribution in [0.3, 0.4) is 0 Å². The summed E-state index contributed by atoms with van der Waals surface area (Å²) >= 11 is 2.32. The Morgan fingerprint density at radius 1 is 1.35 bits per heavy atom. The molecule has 2 aromatic rings. The predicted molar refractivity (Wildman–Crippen MR) is 89.8 cm³/mol. The van der Waals surface area contributed by atoms with Crippen LogP contribution in [0.5, 0.6) is 0 Å². The van der Waals surface area contributed by atoms with Crippen LogP contribution in [-0.2, 0) is 13.5 Å². The van der Waals surface area contributed by atoms with Gasteiger partial charge in [0, 0.05) is 20.3 Å². The first kappa shape index (κ1) is 15.2. The van der Waals surface area contributed by atoms with Crippen LogP contribution in [0, 0.1) is 16.4 Å². The summed E-state index contributed by atoms with van der Waals surface area (Å²) in [6.45, 7) is 6.39. The van der Waals surface area contributed by atoms with Crippen molar-refractivity contribution in [3.63, 3.8) is 0 Å². The maximum absolute atomic E-state index is 4.75. The minimum atomic E-state index is 0.561. The second-order valence-electron chi connectivity index (χ2n) is 5.31. The second-order valence-corrected chi connectivity index (χ2v) is 6.39. The largest absolute Gasteiger partial charge is 0.372 e. The summed E-state index contributed by atoms with van der Waals surface area (Å²) in [6, 6.07) is 0. The van der Waals surface area contributed by atoms with Gasteiger partial charge in [-0.05, 0) is 41.9 Å². The molecule has 0 fully saturated rings. The molecule has 0 aliphatic carbocycles. The lowest BCUT2D eigenvalue weighted by atomic mass is 10.1. The molecule has 20 heavy (non-hydrogen) atoms. The van der Waals surface area contributed by atoms with E-state index in [0.717, 1.165) is 38.6 Å². The zero-order valence-corrected chi connectivity index (χ0v) is 14.7. The van der Waals surface area contributed by atoms with E-state index in [0.29, 0.717) is 5.92 Å². The summed E-state index contributed by atoms with van der Waals surface area (Å²) in [5, 5.41) is 7.53. The number of hydrogen-bond acceptors (Lipinski definition) is 4. The van der Waals surface area contributed by atoms with Crippen LogP contribution < -0.4 is 5.32 Å². The van der Waals surface area contributed by atoms with E-state index < -0.39 is 0 Å². The van der Waals surface area contributed by atoms with E-state index in [4.69, 9.17) is 4.98 Å². The molecule has 0 atom stereocenters. The summed E-state index contributed by atoms with van der Waals surface area (Å²) in [6.07, 6.45) is 2.91. The summed E-state index contributed by atoms with van der Waals surface area (Å²) in [4.78, 5) is 9.37. The molecular formula is C14H20IN5. The predicted octanol–water partition coefficient (Wildman–Crippen LogP) is 3.03. The maximum Gasteiger partial charge on any atom is 0.165 e. The molecule has 6 heteroatoms. The number of anilines is 1. The topological polar surface area (TPSA) is 55.6 Å². The summed E-state index contributed by atoms with van der Waals surface area (Å²) in [5.74, 6) is 2.19. The molecule has 0 saturated heterocycles. The Morgan fingerprint density at radius 2 is 2.05 bits per heavy atom. The van der Waals surface area contributed by atoms with Gasteiger partial charge >= 0.3 is 0 Å². The third-order valence-electron chi connectivity index (χ3n) is 3.01. The van der Waals surface area contributed by atoms with Gasteiger partial charge in [-0.2, -0.15) is 5.10 Å². The van der Waals surface area contributed by atoms with Crippen molar-refractivity contribution in [2.45, 2.75) is 27.2 Å². The minimum absolute atomic E-state index is 0.561. The zero-order chi connectivity index (χ0) is 14.9. The lowest BCUT2D eigenvalue weighted by Crippen LogP contribution is -2.08. The molecule has 5 nitrogen and oxygen atoms in total. The molecule has 0 bridgehead atoms. The molecule has 2 aromatic heterocycles. The van der Waals surface area contributed by atoms with Crippen molar-refractivity contribution < 1.29 is 0 Å². The van der Waals surface area contributed by atoms with Crippen molar-refractivity contribution in [2.24, 2.45) is 13.0 Å². The Morgan fingerprint density at radius 3 is 2.55 bits per heavy atom. The number of rotatable bonds is 4. The van der Waals surface area contributed by atoms with Gasteiger partial charge in [-0.1, -0.05) is 13.8 Å². The van der Waals surface area contributed by atoms with Gasteiger partial charge < -0.3 is 5.32 Å². The van der Waals surface area contributed by atoms with Gasteiger partial charge in [0.2, 0.25) is 0 Å². The standard InChI is InChI=1S/C14H20IN5/c1-8(2)6-11-12(15)14(16-4)18-13(17-11)10-7-20(5)19-9(10)3/h7-8H,6H2,1-5H3,(H,16,17,18). The van der Waals surface area contributed by atoms with Crippen molar-refractivity contribution >= 4 is 28.4 Å². The molecule has 1 N–H and O–H groups in total. The molecule has 0 spiro atoms. The van der Waals surface area contributed by atoms with Crippen molar-refractivity contribution in [3.05, 3.63) is 21.2 Å². The van der Waals surface area contributed by atoms with Crippen molar-refractivity contribution in [1.82, 2.24) is 19.7 Å². The highest BCUT2D eigenvalue weighted by atomic mass is 127. The number of aryl methyl sites for hydroxylation is 2. The van der Waals surface area contributed by atoms with Crippen molar-refractivity contribution in [1.29, 1.82) is 0 Å². The molecule has 0 unspecified atom stereocenters. The van der Waals surface area contributed by atoms with Gasteiger partial charge in [0.15, 0.2) is 5.82 Å². The van der Waals surface area contributed by atoms with E-state index in [-0.39, 0.29) is 0 Å². The van der Waals surface area contributed by atoms with Crippen molar-refractivity contribution in [2.75, 3.05) is 12.4 Å². The minimum Gasteiger partial charge on any atom is -0.372 e. The summed E-state index contributed by atoms with van der Waals surface area (Å²) in [5.41, 5.74) is 3.04.